The van der Waals surface area contributed by atoms with Crippen LogP contribution < -0.4 is 17.2 Å². The summed E-state index contributed by atoms with van der Waals surface area (Å²) in [6, 6.07) is -0.222. The van der Waals surface area contributed by atoms with Crippen molar-refractivity contribution in [2.24, 2.45) is 11.5 Å². The summed E-state index contributed by atoms with van der Waals surface area (Å²) in [4.78, 5) is 11.7. The topological polar surface area (TPSA) is 103 Å². The van der Waals surface area contributed by atoms with Crippen LogP contribution in [0, 0.1) is 0 Å². The second kappa shape index (κ2) is 5.46. The first-order valence-electron chi connectivity index (χ1n) is 6.01. The predicted molar refractivity (Wildman–Crippen MR) is 67.7 cm³/mol. The molecule has 0 aliphatic carbocycles. The van der Waals surface area contributed by atoms with E-state index in [9.17, 15) is 4.79 Å². The molecule has 5 N–H and O–H groups in total. The molecule has 0 saturated heterocycles. The average Bonchev–Trinajstić information content (AvgIpc) is 2.60. The van der Waals surface area contributed by atoms with Crippen LogP contribution in [-0.2, 0) is 5.54 Å². The Balaban J connectivity index is 2.87. The Kier molecular flexibility index (Phi) is 4.47. The van der Waals surface area contributed by atoms with Crippen molar-refractivity contribution in [2.75, 3.05) is 6.54 Å². The Hall–Kier alpha value is -1.14. The van der Waals surface area contributed by atoms with Gasteiger partial charge in [-0.05, 0) is 40.2 Å². The number of H-pyrrole nitrogens is 1. The summed E-state index contributed by atoms with van der Waals surface area (Å²) < 4.78 is 1.63. The zero-order valence-electron chi connectivity index (χ0n) is 10.9. The molecule has 17 heavy (non-hydrogen) atoms. The van der Waals surface area contributed by atoms with Gasteiger partial charge in [-0.3, -0.25) is 4.57 Å². The molecule has 0 aliphatic heterocycles. The minimum absolute atomic E-state index is 0.207. The number of nitrogens with zero attached hydrogens (tertiary/aromatic N) is 2. The molecular formula is C11H23N5O. The second-order valence-electron chi connectivity index (χ2n) is 5.28. The van der Waals surface area contributed by atoms with Crippen LogP contribution in [0.3, 0.4) is 0 Å². The smallest absolute Gasteiger partial charge is 0.330 e. The number of aromatic amines is 1. The van der Waals surface area contributed by atoms with Gasteiger partial charge >= 0.3 is 5.69 Å². The van der Waals surface area contributed by atoms with Crippen LogP contribution in [0.25, 0.3) is 0 Å². The quantitative estimate of drug-likeness (QED) is 0.651. The number of nitrogens with two attached hydrogens (primary N) is 2. The first kappa shape index (κ1) is 13.9. The van der Waals surface area contributed by atoms with Crippen molar-refractivity contribution in [1.29, 1.82) is 0 Å². The van der Waals surface area contributed by atoms with E-state index in [0.717, 1.165) is 19.3 Å². The highest BCUT2D eigenvalue weighted by atomic mass is 16.1. The number of hydrogen-bond acceptors (Lipinski definition) is 4. The molecule has 1 atom stereocenters. The minimum atomic E-state index is -0.315. The van der Waals surface area contributed by atoms with Gasteiger partial charge in [0.1, 0.15) is 0 Å². The second-order valence-corrected chi connectivity index (χ2v) is 5.28. The van der Waals surface area contributed by atoms with E-state index in [1.54, 1.807) is 4.57 Å². The lowest BCUT2D eigenvalue weighted by Gasteiger charge is -2.23. The highest BCUT2D eigenvalue weighted by molar-refractivity contribution is 4.98. The van der Waals surface area contributed by atoms with Crippen LogP contribution in [0.15, 0.2) is 4.79 Å². The summed E-state index contributed by atoms with van der Waals surface area (Å²) in [7, 11) is 0. The van der Waals surface area contributed by atoms with E-state index < -0.39 is 0 Å². The first-order valence-corrected chi connectivity index (χ1v) is 6.01. The summed E-state index contributed by atoms with van der Waals surface area (Å²) in [5.74, 6) is 0.625. The van der Waals surface area contributed by atoms with E-state index in [1.807, 2.05) is 20.8 Å². The summed E-state index contributed by atoms with van der Waals surface area (Å²) in [6.45, 7) is 6.54. The van der Waals surface area contributed by atoms with Crippen molar-refractivity contribution in [3.05, 3.63) is 16.3 Å². The fourth-order valence-electron chi connectivity index (χ4n) is 1.84. The van der Waals surface area contributed by atoms with Gasteiger partial charge < -0.3 is 11.5 Å². The third kappa shape index (κ3) is 3.41. The van der Waals surface area contributed by atoms with Crippen molar-refractivity contribution < 1.29 is 0 Å². The Morgan fingerprint density at radius 2 is 2.06 bits per heavy atom. The number of hydrogen-bond donors (Lipinski definition) is 3. The van der Waals surface area contributed by atoms with Crippen molar-refractivity contribution in [3.8, 4) is 0 Å². The standard InChI is InChI=1S/C11H23N5O/c1-11(2,3)16-9(14-15-10(16)17)8(13)6-4-5-7-12/h8H,4-7,12-13H2,1-3H3,(H,15,17)/t8-/m0/s1. The van der Waals surface area contributed by atoms with Gasteiger partial charge in [0.2, 0.25) is 0 Å². The summed E-state index contributed by atoms with van der Waals surface area (Å²) in [5, 5.41) is 6.50. The molecule has 0 saturated carbocycles. The van der Waals surface area contributed by atoms with Crippen molar-refractivity contribution in [1.82, 2.24) is 14.8 Å². The van der Waals surface area contributed by atoms with E-state index in [-0.39, 0.29) is 17.3 Å². The Morgan fingerprint density at radius 1 is 1.41 bits per heavy atom. The molecule has 0 aromatic carbocycles. The highest BCUT2D eigenvalue weighted by Crippen LogP contribution is 2.19. The zero-order chi connectivity index (χ0) is 13.1. The summed E-state index contributed by atoms with van der Waals surface area (Å²) >= 11 is 0. The van der Waals surface area contributed by atoms with E-state index in [4.69, 9.17) is 11.5 Å². The molecule has 0 fully saturated rings. The maximum absolute atomic E-state index is 11.7. The third-order valence-electron chi connectivity index (χ3n) is 2.67. The maximum atomic E-state index is 11.7. The monoisotopic (exact) mass is 241 g/mol. The lowest BCUT2D eigenvalue weighted by atomic mass is 10.1. The van der Waals surface area contributed by atoms with Crippen LogP contribution >= 0.6 is 0 Å². The number of nitrogens with one attached hydrogen (secondary N) is 1. The molecule has 98 valence electrons. The lowest BCUT2D eigenvalue weighted by Crippen LogP contribution is -2.35. The average molecular weight is 241 g/mol. The molecule has 1 aromatic heterocycles. The zero-order valence-corrected chi connectivity index (χ0v) is 10.9. The van der Waals surface area contributed by atoms with Crippen molar-refractivity contribution in [3.63, 3.8) is 0 Å². The van der Waals surface area contributed by atoms with Crippen LogP contribution in [0.1, 0.15) is 51.9 Å². The van der Waals surface area contributed by atoms with E-state index in [0.29, 0.717) is 12.4 Å². The molecule has 6 heteroatoms. The molecule has 0 spiro atoms. The first-order chi connectivity index (χ1) is 7.88. The molecule has 0 unspecified atom stereocenters. The molecule has 6 nitrogen and oxygen atoms in total. The predicted octanol–water partition coefficient (Wildman–Crippen LogP) is 0.455. The summed E-state index contributed by atoms with van der Waals surface area (Å²) in [6.07, 6.45) is 2.68. The molecule has 0 aliphatic rings. The molecule has 1 heterocycles. The third-order valence-corrected chi connectivity index (χ3v) is 2.67. The van der Waals surface area contributed by atoms with E-state index >= 15 is 0 Å². The Morgan fingerprint density at radius 3 is 2.59 bits per heavy atom. The number of aromatic nitrogens is 3. The van der Waals surface area contributed by atoms with Crippen LogP contribution in [0.4, 0.5) is 0 Å². The highest BCUT2D eigenvalue weighted by Gasteiger charge is 2.24. The van der Waals surface area contributed by atoms with Gasteiger partial charge in [-0.15, -0.1) is 0 Å². The van der Waals surface area contributed by atoms with Gasteiger partial charge in [-0.25, -0.2) is 9.89 Å². The number of unbranched alkanes of at least 4 members (excludes halogenated alkanes) is 1. The van der Waals surface area contributed by atoms with Crippen molar-refractivity contribution in [2.45, 2.75) is 51.6 Å². The van der Waals surface area contributed by atoms with Crippen LogP contribution in [0.2, 0.25) is 0 Å². The van der Waals surface area contributed by atoms with Gasteiger partial charge in [0.15, 0.2) is 5.82 Å². The van der Waals surface area contributed by atoms with E-state index in [1.165, 1.54) is 0 Å². The summed E-state index contributed by atoms with van der Waals surface area (Å²) in [5.41, 5.74) is 11.0. The SMILES string of the molecule is CC(C)(C)n1c([C@@H](N)CCCCN)n[nH]c1=O. The molecule has 1 rings (SSSR count). The van der Waals surface area contributed by atoms with Crippen LogP contribution in [-0.4, -0.2) is 21.3 Å². The molecule has 1 aromatic rings. The molecule has 0 radical (unpaired) electrons. The molecule has 0 amide bonds. The minimum Gasteiger partial charge on any atom is -0.330 e. The van der Waals surface area contributed by atoms with Gasteiger partial charge in [-0.2, -0.15) is 5.10 Å². The van der Waals surface area contributed by atoms with Gasteiger partial charge in [-0.1, -0.05) is 6.42 Å². The Bertz CT molecular complexity index is 401. The largest absolute Gasteiger partial charge is 0.343 e. The maximum Gasteiger partial charge on any atom is 0.343 e. The fourth-order valence-corrected chi connectivity index (χ4v) is 1.84. The normalized spacial score (nSPS) is 13.9. The van der Waals surface area contributed by atoms with Gasteiger partial charge in [0, 0.05) is 5.54 Å². The lowest BCUT2D eigenvalue weighted by molar-refractivity contribution is 0.358. The molecule has 0 bridgehead atoms. The van der Waals surface area contributed by atoms with Gasteiger partial charge in [0.25, 0.3) is 0 Å². The van der Waals surface area contributed by atoms with Gasteiger partial charge in [0.05, 0.1) is 6.04 Å². The van der Waals surface area contributed by atoms with Crippen molar-refractivity contribution >= 4 is 0 Å². The Labute approximate surface area is 101 Å². The number of rotatable bonds is 5. The van der Waals surface area contributed by atoms with E-state index in [2.05, 4.69) is 10.2 Å². The molecular weight excluding hydrogens is 218 g/mol. The van der Waals surface area contributed by atoms with Crippen LogP contribution in [0.5, 0.6) is 0 Å². The fraction of sp³-hybridized carbons (Fsp3) is 0.818.